The van der Waals surface area contributed by atoms with Gasteiger partial charge in [-0.3, -0.25) is 4.79 Å². The number of rotatable bonds is 2. The second kappa shape index (κ2) is 5.74. The van der Waals surface area contributed by atoms with Crippen LogP contribution in [0.3, 0.4) is 0 Å². The van der Waals surface area contributed by atoms with Crippen molar-refractivity contribution in [3.05, 3.63) is 57.5 Å². The molecular formula is C15H13Br2NO2. The molecule has 1 aromatic heterocycles. The summed E-state index contributed by atoms with van der Waals surface area (Å²) in [6, 6.07) is 8.00. The minimum Gasteiger partial charge on any atom is -0.457 e. The second-order valence-electron chi connectivity index (χ2n) is 4.79. The molecule has 3 nitrogen and oxygen atoms in total. The number of amides is 1. The molecule has 1 amide bonds. The first kappa shape index (κ1) is 13.9. The van der Waals surface area contributed by atoms with Crippen LogP contribution in [0.4, 0.5) is 0 Å². The Morgan fingerprint density at radius 3 is 2.90 bits per heavy atom. The van der Waals surface area contributed by atoms with E-state index in [1.807, 2.05) is 12.1 Å². The van der Waals surface area contributed by atoms with Crippen LogP contribution in [-0.2, 0) is 6.42 Å². The summed E-state index contributed by atoms with van der Waals surface area (Å²) in [5, 5.41) is 2.93. The molecule has 2 aromatic rings. The van der Waals surface area contributed by atoms with Gasteiger partial charge in [0.05, 0.1) is 11.1 Å². The summed E-state index contributed by atoms with van der Waals surface area (Å²) >= 11 is 7.06. The van der Waals surface area contributed by atoms with Crippen LogP contribution >= 0.6 is 31.9 Å². The molecule has 1 atom stereocenters. The number of nitrogens with one attached hydrogen (secondary N) is 1. The Morgan fingerprint density at radius 2 is 2.15 bits per heavy atom. The summed E-state index contributed by atoms with van der Waals surface area (Å²) in [6.07, 6.45) is 3.57. The fourth-order valence-corrected chi connectivity index (χ4v) is 3.84. The molecule has 5 heteroatoms. The van der Waals surface area contributed by atoms with Crippen LogP contribution in [0.5, 0.6) is 0 Å². The molecule has 0 saturated heterocycles. The van der Waals surface area contributed by atoms with Crippen LogP contribution in [0.1, 0.15) is 38.3 Å². The molecule has 0 aliphatic carbocycles. The lowest BCUT2D eigenvalue weighted by molar-refractivity contribution is 0.0956. The molecule has 1 N–H and O–H groups in total. The Morgan fingerprint density at radius 1 is 1.30 bits per heavy atom. The molecular weight excluding hydrogens is 386 g/mol. The van der Waals surface area contributed by atoms with Crippen molar-refractivity contribution in [3.63, 3.8) is 0 Å². The van der Waals surface area contributed by atoms with E-state index in [-0.39, 0.29) is 10.7 Å². The lowest BCUT2D eigenvalue weighted by Gasteiger charge is -2.12. The zero-order valence-electron chi connectivity index (χ0n) is 10.7. The van der Waals surface area contributed by atoms with Gasteiger partial charge < -0.3 is 9.73 Å². The zero-order valence-corrected chi connectivity index (χ0v) is 13.8. The van der Waals surface area contributed by atoms with E-state index < -0.39 is 0 Å². The first-order chi connectivity index (χ1) is 9.66. The van der Waals surface area contributed by atoms with Crippen LogP contribution in [0, 0.1) is 0 Å². The van der Waals surface area contributed by atoms with Gasteiger partial charge in [0.2, 0.25) is 0 Å². The highest BCUT2D eigenvalue weighted by Gasteiger charge is 2.20. The summed E-state index contributed by atoms with van der Waals surface area (Å²) < 4.78 is 5.98. The average Bonchev–Trinajstić information content (AvgIpc) is 2.79. The van der Waals surface area contributed by atoms with E-state index in [9.17, 15) is 4.79 Å². The van der Waals surface area contributed by atoms with Gasteiger partial charge in [-0.05, 0) is 52.0 Å². The molecule has 1 unspecified atom stereocenters. The number of fused-ring (bicyclic) bond motifs is 1. The van der Waals surface area contributed by atoms with E-state index in [0.29, 0.717) is 4.67 Å². The number of aryl methyl sites for hydroxylation is 1. The minimum absolute atomic E-state index is 0.00280. The SMILES string of the molecule is O=C1NCCCc2ccc(C(Br)c3ccoc3Br)cc21. The number of halogens is 2. The highest BCUT2D eigenvalue weighted by atomic mass is 79.9. The Hall–Kier alpha value is -1.07. The maximum absolute atomic E-state index is 12.1. The topological polar surface area (TPSA) is 42.2 Å². The van der Waals surface area contributed by atoms with Gasteiger partial charge >= 0.3 is 0 Å². The minimum atomic E-state index is -0.00280. The Balaban J connectivity index is 2.00. The lowest BCUT2D eigenvalue weighted by Crippen LogP contribution is -2.22. The van der Waals surface area contributed by atoms with E-state index >= 15 is 0 Å². The fraction of sp³-hybridized carbons (Fsp3) is 0.267. The van der Waals surface area contributed by atoms with Crippen molar-refractivity contribution in [1.29, 1.82) is 0 Å². The predicted octanol–water partition coefficient (Wildman–Crippen LogP) is 4.20. The Kier molecular flexibility index (Phi) is 3.98. The molecule has 0 fully saturated rings. The molecule has 104 valence electrons. The molecule has 20 heavy (non-hydrogen) atoms. The van der Waals surface area contributed by atoms with Crippen molar-refractivity contribution in [2.45, 2.75) is 17.7 Å². The van der Waals surface area contributed by atoms with Gasteiger partial charge in [0.25, 0.3) is 5.91 Å². The lowest BCUT2D eigenvalue weighted by atomic mass is 9.98. The molecule has 3 rings (SSSR count). The smallest absolute Gasteiger partial charge is 0.251 e. The highest BCUT2D eigenvalue weighted by molar-refractivity contribution is 9.10. The van der Waals surface area contributed by atoms with E-state index in [4.69, 9.17) is 4.42 Å². The molecule has 1 aliphatic heterocycles. The molecule has 1 aromatic carbocycles. The third-order valence-electron chi connectivity index (χ3n) is 3.50. The molecule has 2 heterocycles. The van der Waals surface area contributed by atoms with Crippen molar-refractivity contribution < 1.29 is 9.21 Å². The van der Waals surface area contributed by atoms with Gasteiger partial charge in [0.1, 0.15) is 0 Å². The van der Waals surface area contributed by atoms with Crippen molar-refractivity contribution in [2.24, 2.45) is 0 Å². The third kappa shape index (κ3) is 2.56. The van der Waals surface area contributed by atoms with Crippen LogP contribution in [0.2, 0.25) is 0 Å². The van der Waals surface area contributed by atoms with Gasteiger partial charge in [-0.25, -0.2) is 0 Å². The quantitative estimate of drug-likeness (QED) is 0.770. The van der Waals surface area contributed by atoms with Crippen molar-refractivity contribution >= 4 is 37.8 Å². The number of alkyl halides is 1. The Bertz CT molecular complexity index is 651. The molecule has 0 spiro atoms. The predicted molar refractivity (Wildman–Crippen MR) is 84.3 cm³/mol. The third-order valence-corrected chi connectivity index (χ3v) is 5.17. The van der Waals surface area contributed by atoms with Gasteiger partial charge in [-0.1, -0.05) is 28.1 Å². The van der Waals surface area contributed by atoms with E-state index in [0.717, 1.165) is 41.6 Å². The first-order valence-corrected chi connectivity index (χ1v) is 8.15. The van der Waals surface area contributed by atoms with Crippen LogP contribution in [-0.4, -0.2) is 12.5 Å². The van der Waals surface area contributed by atoms with Crippen molar-refractivity contribution in [3.8, 4) is 0 Å². The molecule has 1 aliphatic rings. The van der Waals surface area contributed by atoms with Gasteiger partial charge in [0, 0.05) is 17.7 Å². The highest BCUT2D eigenvalue weighted by Crippen LogP contribution is 2.36. The van der Waals surface area contributed by atoms with Gasteiger partial charge in [-0.15, -0.1) is 0 Å². The summed E-state index contributed by atoms with van der Waals surface area (Å²) in [5.74, 6) is 0.0188. The van der Waals surface area contributed by atoms with Gasteiger partial charge in [0.15, 0.2) is 4.67 Å². The standard InChI is InChI=1S/C15H13Br2NO2/c16-13(11-5-7-20-14(11)17)10-4-3-9-2-1-6-18-15(19)12(9)8-10/h3-5,7-8,13H,1-2,6H2,(H,18,19). The van der Waals surface area contributed by atoms with E-state index in [1.54, 1.807) is 6.26 Å². The van der Waals surface area contributed by atoms with Crippen LogP contribution < -0.4 is 5.32 Å². The average molecular weight is 399 g/mol. The summed E-state index contributed by atoms with van der Waals surface area (Å²) in [6.45, 7) is 0.744. The second-order valence-corrected chi connectivity index (χ2v) is 6.42. The molecule has 0 radical (unpaired) electrons. The number of furan rings is 1. The van der Waals surface area contributed by atoms with Crippen molar-refractivity contribution in [2.75, 3.05) is 6.54 Å². The summed E-state index contributed by atoms with van der Waals surface area (Å²) in [4.78, 5) is 12.1. The van der Waals surface area contributed by atoms with E-state index in [1.165, 1.54) is 0 Å². The Labute approximate surface area is 134 Å². The monoisotopic (exact) mass is 397 g/mol. The van der Waals surface area contributed by atoms with Crippen LogP contribution in [0.25, 0.3) is 0 Å². The first-order valence-electron chi connectivity index (χ1n) is 6.45. The number of carbonyl (C=O) groups excluding carboxylic acids is 1. The maximum atomic E-state index is 12.1. The summed E-state index contributed by atoms with van der Waals surface area (Å²) in [5.41, 5.74) is 3.96. The van der Waals surface area contributed by atoms with Gasteiger partial charge in [-0.2, -0.15) is 0 Å². The molecule has 0 bridgehead atoms. The normalized spacial score (nSPS) is 16.2. The number of hydrogen-bond donors (Lipinski definition) is 1. The summed E-state index contributed by atoms with van der Waals surface area (Å²) in [7, 11) is 0. The van der Waals surface area contributed by atoms with Crippen molar-refractivity contribution in [1.82, 2.24) is 5.32 Å². The number of benzene rings is 1. The van der Waals surface area contributed by atoms with E-state index in [2.05, 4.69) is 49.3 Å². The number of carbonyl (C=O) groups is 1. The molecule has 0 saturated carbocycles. The fourth-order valence-electron chi connectivity index (χ4n) is 2.42. The maximum Gasteiger partial charge on any atom is 0.251 e. The largest absolute Gasteiger partial charge is 0.457 e. The number of hydrogen-bond acceptors (Lipinski definition) is 2. The zero-order chi connectivity index (χ0) is 14.1. The van der Waals surface area contributed by atoms with Crippen LogP contribution in [0.15, 0.2) is 39.6 Å².